The molecule has 0 radical (unpaired) electrons. The van der Waals surface area contributed by atoms with Crippen LogP contribution in [0.4, 0.5) is 0 Å². The minimum absolute atomic E-state index is 0.479. The first kappa shape index (κ1) is 15.4. The van der Waals surface area contributed by atoms with E-state index in [1.165, 1.54) is 6.92 Å². The molecule has 0 aliphatic carbocycles. The number of rotatable bonds is 4. The highest BCUT2D eigenvalue weighted by atomic mass is 16.7. The first-order valence-electron chi connectivity index (χ1n) is 5.63. The van der Waals surface area contributed by atoms with Crippen LogP contribution >= 0.6 is 0 Å². The standard InChI is InChI=1S/C11H16O8/c1-5(13)16-9-8(4-12)19-11(18-7(3)15)10(9)17-6(2)14/h8-12H,4H2,1-3H3/t8-,9?,10?,11-/m1/s1. The minimum Gasteiger partial charge on any atom is -0.455 e. The van der Waals surface area contributed by atoms with E-state index in [0.29, 0.717) is 0 Å². The normalized spacial score (nSPS) is 29.7. The van der Waals surface area contributed by atoms with Crippen LogP contribution in [0.5, 0.6) is 0 Å². The molecule has 108 valence electrons. The molecular formula is C11H16O8. The van der Waals surface area contributed by atoms with Crippen molar-refractivity contribution in [1.29, 1.82) is 0 Å². The van der Waals surface area contributed by atoms with Crippen LogP contribution in [0.3, 0.4) is 0 Å². The molecule has 0 amide bonds. The van der Waals surface area contributed by atoms with E-state index >= 15 is 0 Å². The summed E-state index contributed by atoms with van der Waals surface area (Å²) in [7, 11) is 0. The van der Waals surface area contributed by atoms with E-state index in [1.54, 1.807) is 0 Å². The monoisotopic (exact) mass is 276 g/mol. The predicted octanol–water partition coefficient (Wildman–Crippen LogP) is -0.870. The van der Waals surface area contributed by atoms with E-state index in [0.717, 1.165) is 13.8 Å². The number of aliphatic hydroxyl groups excluding tert-OH is 1. The number of esters is 3. The lowest BCUT2D eigenvalue weighted by Gasteiger charge is -2.22. The van der Waals surface area contributed by atoms with Crippen LogP contribution in [-0.4, -0.2) is 54.2 Å². The van der Waals surface area contributed by atoms with Crippen molar-refractivity contribution in [3.8, 4) is 0 Å². The van der Waals surface area contributed by atoms with Gasteiger partial charge in [-0.1, -0.05) is 0 Å². The summed E-state index contributed by atoms with van der Waals surface area (Å²) in [5, 5.41) is 9.16. The van der Waals surface area contributed by atoms with Crippen molar-refractivity contribution < 1.29 is 38.4 Å². The molecule has 0 bridgehead atoms. The molecule has 0 aromatic rings. The van der Waals surface area contributed by atoms with E-state index in [-0.39, 0.29) is 0 Å². The first-order chi connectivity index (χ1) is 8.85. The average molecular weight is 276 g/mol. The Bertz CT molecular complexity index is 366. The number of aliphatic hydroxyl groups is 1. The van der Waals surface area contributed by atoms with Crippen molar-refractivity contribution >= 4 is 17.9 Å². The van der Waals surface area contributed by atoms with Crippen LogP contribution in [0.15, 0.2) is 0 Å². The Hall–Kier alpha value is -1.67. The SMILES string of the molecule is CC(=O)OC1C(OC(C)=O)[C@@H](CO)O[C@H]1OC(C)=O. The zero-order chi connectivity index (χ0) is 14.6. The summed E-state index contributed by atoms with van der Waals surface area (Å²) < 4.78 is 19.9. The van der Waals surface area contributed by atoms with Gasteiger partial charge in [0.25, 0.3) is 0 Å². The molecule has 8 nitrogen and oxygen atoms in total. The fourth-order valence-corrected chi connectivity index (χ4v) is 1.75. The van der Waals surface area contributed by atoms with Gasteiger partial charge in [-0.2, -0.15) is 0 Å². The summed E-state index contributed by atoms with van der Waals surface area (Å²) >= 11 is 0. The van der Waals surface area contributed by atoms with Crippen LogP contribution in [0.2, 0.25) is 0 Å². The lowest BCUT2D eigenvalue weighted by atomic mass is 10.1. The average Bonchev–Trinajstić information content (AvgIpc) is 2.55. The van der Waals surface area contributed by atoms with Crippen molar-refractivity contribution in [2.75, 3.05) is 6.61 Å². The summed E-state index contributed by atoms with van der Waals surface area (Å²) in [6.07, 6.45) is -4.29. The second kappa shape index (κ2) is 6.48. The summed E-state index contributed by atoms with van der Waals surface area (Å²) in [5.74, 6) is -1.93. The molecule has 1 fully saturated rings. The van der Waals surface area contributed by atoms with Crippen molar-refractivity contribution in [1.82, 2.24) is 0 Å². The number of carbonyl (C=O) groups is 3. The number of carbonyl (C=O) groups excluding carboxylic acids is 3. The first-order valence-corrected chi connectivity index (χ1v) is 5.63. The lowest BCUT2D eigenvalue weighted by Crippen LogP contribution is -2.41. The van der Waals surface area contributed by atoms with Crippen molar-refractivity contribution in [3.63, 3.8) is 0 Å². The van der Waals surface area contributed by atoms with E-state index < -0.39 is 49.1 Å². The van der Waals surface area contributed by atoms with Crippen LogP contribution in [0.1, 0.15) is 20.8 Å². The maximum absolute atomic E-state index is 11.0. The highest BCUT2D eigenvalue weighted by Gasteiger charge is 2.50. The zero-order valence-electron chi connectivity index (χ0n) is 10.8. The summed E-state index contributed by atoms with van der Waals surface area (Å²) in [6, 6.07) is 0. The highest BCUT2D eigenvalue weighted by molar-refractivity contribution is 5.68. The van der Waals surface area contributed by atoms with Crippen molar-refractivity contribution in [3.05, 3.63) is 0 Å². The largest absolute Gasteiger partial charge is 0.455 e. The van der Waals surface area contributed by atoms with Gasteiger partial charge in [-0.3, -0.25) is 14.4 Å². The Morgan fingerprint density at radius 1 is 0.947 bits per heavy atom. The topological polar surface area (TPSA) is 108 Å². The highest BCUT2D eigenvalue weighted by Crippen LogP contribution is 2.27. The molecule has 8 heteroatoms. The smallest absolute Gasteiger partial charge is 0.305 e. The van der Waals surface area contributed by atoms with Crippen molar-refractivity contribution in [2.24, 2.45) is 0 Å². The molecule has 0 aromatic heterocycles. The fourth-order valence-electron chi connectivity index (χ4n) is 1.75. The number of ether oxygens (including phenoxy) is 4. The summed E-state index contributed by atoms with van der Waals surface area (Å²) in [4.78, 5) is 33.0. The molecule has 4 atom stereocenters. The van der Waals surface area contributed by atoms with Gasteiger partial charge >= 0.3 is 17.9 Å². The maximum Gasteiger partial charge on any atom is 0.305 e. The summed E-state index contributed by atoms with van der Waals surface area (Å²) in [5.41, 5.74) is 0. The summed E-state index contributed by atoms with van der Waals surface area (Å²) in [6.45, 7) is 3.00. The van der Waals surface area contributed by atoms with Gasteiger partial charge in [0, 0.05) is 20.8 Å². The minimum atomic E-state index is -1.22. The van der Waals surface area contributed by atoms with Crippen LogP contribution in [-0.2, 0) is 33.3 Å². The predicted molar refractivity (Wildman–Crippen MR) is 58.6 cm³/mol. The van der Waals surface area contributed by atoms with Gasteiger partial charge in [0.1, 0.15) is 6.10 Å². The Kier molecular flexibility index (Phi) is 5.25. The van der Waals surface area contributed by atoms with E-state index in [1.807, 2.05) is 0 Å². The van der Waals surface area contributed by atoms with Gasteiger partial charge in [0.15, 0.2) is 6.10 Å². The molecule has 1 aliphatic heterocycles. The van der Waals surface area contributed by atoms with Crippen LogP contribution in [0.25, 0.3) is 0 Å². The van der Waals surface area contributed by atoms with Gasteiger partial charge in [-0.25, -0.2) is 0 Å². The molecule has 0 aromatic carbocycles. The van der Waals surface area contributed by atoms with Gasteiger partial charge in [0.05, 0.1) is 6.61 Å². The number of hydrogen-bond acceptors (Lipinski definition) is 8. The molecular weight excluding hydrogens is 260 g/mol. The quantitative estimate of drug-likeness (QED) is 0.521. The van der Waals surface area contributed by atoms with Gasteiger partial charge in [-0.15, -0.1) is 0 Å². The molecule has 1 heterocycles. The molecule has 1 aliphatic rings. The Balaban J connectivity index is 2.90. The molecule has 2 unspecified atom stereocenters. The molecule has 0 spiro atoms. The van der Waals surface area contributed by atoms with E-state index in [9.17, 15) is 14.4 Å². The van der Waals surface area contributed by atoms with Gasteiger partial charge in [-0.05, 0) is 0 Å². The molecule has 1 N–H and O–H groups in total. The molecule has 0 saturated carbocycles. The molecule has 1 saturated heterocycles. The second-order valence-corrected chi connectivity index (χ2v) is 3.98. The third kappa shape index (κ3) is 4.18. The van der Waals surface area contributed by atoms with Crippen molar-refractivity contribution in [2.45, 2.75) is 45.4 Å². The Labute approximate surface area is 109 Å². The third-order valence-electron chi connectivity index (χ3n) is 2.33. The van der Waals surface area contributed by atoms with Crippen LogP contribution in [0, 0.1) is 0 Å². The van der Waals surface area contributed by atoms with E-state index in [4.69, 9.17) is 24.1 Å². The fraction of sp³-hybridized carbons (Fsp3) is 0.727. The third-order valence-corrected chi connectivity index (χ3v) is 2.33. The van der Waals surface area contributed by atoms with E-state index in [2.05, 4.69) is 0 Å². The Morgan fingerprint density at radius 3 is 1.84 bits per heavy atom. The second-order valence-electron chi connectivity index (χ2n) is 3.98. The zero-order valence-corrected chi connectivity index (χ0v) is 10.8. The van der Waals surface area contributed by atoms with Crippen LogP contribution < -0.4 is 0 Å². The molecule has 19 heavy (non-hydrogen) atoms. The lowest BCUT2D eigenvalue weighted by molar-refractivity contribution is -0.196. The maximum atomic E-state index is 11.0. The Morgan fingerprint density at radius 2 is 1.42 bits per heavy atom. The van der Waals surface area contributed by atoms with Gasteiger partial charge < -0.3 is 24.1 Å². The van der Waals surface area contributed by atoms with Gasteiger partial charge in [0.2, 0.25) is 12.4 Å². The molecule has 1 rings (SSSR count). The number of hydrogen-bond donors (Lipinski definition) is 1.